The molecule has 2 aromatic carbocycles. The predicted molar refractivity (Wildman–Crippen MR) is 119 cm³/mol. The molecule has 0 N–H and O–H groups in total. The Kier molecular flexibility index (Phi) is 4.39. The van der Waals surface area contributed by atoms with Gasteiger partial charge in [0, 0.05) is 16.6 Å². The van der Waals surface area contributed by atoms with Crippen LogP contribution in [0.15, 0.2) is 60.8 Å². The van der Waals surface area contributed by atoms with Crippen LogP contribution in [-0.2, 0) is 5.41 Å². The molecule has 2 heterocycles. The summed E-state index contributed by atoms with van der Waals surface area (Å²) in [4.78, 5) is 6.02. The van der Waals surface area contributed by atoms with Crippen LogP contribution in [0.1, 0.15) is 37.5 Å². The Morgan fingerprint density at radius 3 is 2.07 bits per heavy atom. The van der Waals surface area contributed by atoms with Gasteiger partial charge in [0.2, 0.25) is 0 Å². The molecule has 0 aliphatic carbocycles. The second-order valence-corrected chi connectivity index (χ2v) is 9.51. The molecule has 4 aromatic rings. The van der Waals surface area contributed by atoms with Gasteiger partial charge >= 0.3 is 0 Å². The number of pyridine rings is 1. The van der Waals surface area contributed by atoms with Crippen LogP contribution in [0.25, 0.3) is 31.8 Å². The largest absolute Gasteiger partial charge is 0.255 e. The van der Waals surface area contributed by atoms with E-state index in [9.17, 15) is 0 Å². The molecule has 0 saturated heterocycles. The molecule has 0 fully saturated rings. The third-order valence-corrected chi connectivity index (χ3v) is 6.09. The first-order valence-electron chi connectivity index (χ1n) is 9.39. The molecule has 0 unspecified atom stereocenters. The Hall–Kier alpha value is -2.45. The van der Waals surface area contributed by atoms with E-state index in [0.29, 0.717) is 0 Å². The quantitative estimate of drug-likeness (QED) is 0.354. The molecule has 0 spiro atoms. The molecule has 136 valence electrons. The van der Waals surface area contributed by atoms with Crippen LogP contribution in [0.5, 0.6) is 0 Å². The first-order valence-corrected chi connectivity index (χ1v) is 10.2. The smallest absolute Gasteiger partial charge is 0.0709 e. The third kappa shape index (κ3) is 3.68. The van der Waals surface area contributed by atoms with Crippen molar-refractivity contribution in [1.29, 1.82) is 0 Å². The molecule has 1 nitrogen and oxygen atoms in total. The van der Waals surface area contributed by atoms with E-state index in [-0.39, 0.29) is 5.41 Å². The summed E-state index contributed by atoms with van der Waals surface area (Å²) < 4.78 is 1.23. The lowest BCUT2D eigenvalue weighted by Gasteiger charge is -2.18. The summed E-state index contributed by atoms with van der Waals surface area (Å²) in [7, 11) is 0. The average Bonchev–Trinajstić information content (AvgIpc) is 3.03. The zero-order valence-electron chi connectivity index (χ0n) is 16.6. The summed E-state index contributed by atoms with van der Waals surface area (Å²) in [6.45, 7) is 11.0. The summed E-state index contributed by atoms with van der Waals surface area (Å²) in [6, 6.07) is 20.1. The van der Waals surface area contributed by atoms with Crippen LogP contribution in [0, 0.1) is 13.8 Å². The number of nitrogens with zero attached hydrogens (tertiary/aromatic N) is 1. The second-order valence-electron chi connectivity index (χ2n) is 8.42. The van der Waals surface area contributed by atoms with E-state index >= 15 is 0 Å². The number of hydrogen-bond acceptors (Lipinski definition) is 2. The fraction of sp³-hybridized carbons (Fsp3) is 0.240. The highest BCUT2D eigenvalue weighted by molar-refractivity contribution is 7.22. The standard InChI is InChI=1S/C25H25NS/c1-16-10-17(2)12-19(11-16)22-13-20-14-23(27-24(20)15-26-22)18-6-8-21(9-7-18)25(3,4)5/h6-15H,1-5H3. The lowest BCUT2D eigenvalue weighted by atomic mass is 9.86. The van der Waals surface area contributed by atoms with Gasteiger partial charge < -0.3 is 0 Å². The van der Waals surface area contributed by atoms with Crippen molar-refractivity contribution in [2.75, 3.05) is 0 Å². The minimum absolute atomic E-state index is 0.184. The summed E-state index contributed by atoms with van der Waals surface area (Å²) in [5.74, 6) is 0. The van der Waals surface area contributed by atoms with Crippen molar-refractivity contribution < 1.29 is 0 Å². The number of hydrogen-bond donors (Lipinski definition) is 0. The van der Waals surface area contributed by atoms with Gasteiger partial charge in [0.1, 0.15) is 0 Å². The third-order valence-electron chi connectivity index (χ3n) is 4.96. The number of thiophene rings is 1. The van der Waals surface area contributed by atoms with Crippen LogP contribution in [-0.4, -0.2) is 4.98 Å². The molecule has 0 amide bonds. The fourth-order valence-electron chi connectivity index (χ4n) is 3.50. The Morgan fingerprint density at radius 1 is 0.778 bits per heavy atom. The molecule has 0 bridgehead atoms. The number of aromatic nitrogens is 1. The SMILES string of the molecule is Cc1cc(C)cc(-c2cc3cc(-c4ccc(C(C)(C)C)cc4)sc3cn2)c1. The number of benzene rings is 2. The number of fused-ring (bicyclic) bond motifs is 1. The van der Waals surface area contributed by atoms with Crippen molar-refractivity contribution in [2.45, 2.75) is 40.0 Å². The molecule has 0 saturated carbocycles. The minimum Gasteiger partial charge on any atom is -0.255 e. The van der Waals surface area contributed by atoms with Gasteiger partial charge in [-0.15, -0.1) is 11.3 Å². The summed E-state index contributed by atoms with van der Waals surface area (Å²) in [6.07, 6.45) is 2.01. The van der Waals surface area contributed by atoms with Gasteiger partial charge in [0.25, 0.3) is 0 Å². The highest BCUT2D eigenvalue weighted by Crippen LogP contribution is 2.36. The molecular weight excluding hydrogens is 346 g/mol. The van der Waals surface area contributed by atoms with Crippen molar-refractivity contribution in [3.05, 3.63) is 77.5 Å². The zero-order chi connectivity index (χ0) is 19.2. The molecule has 0 aliphatic rings. The maximum absolute atomic E-state index is 4.72. The van der Waals surface area contributed by atoms with Crippen molar-refractivity contribution in [3.8, 4) is 21.7 Å². The first kappa shape index (κ1) is 17.9. The van der Waals surface area contributed by atoms with Crippen molar-refractivity contribution in [2.24, 2.45) is 0 Å². The van der Waals surface area contributed by atoms with Crippen molar-refractivity contribution >= 4 is 21.4 Å². The summed E-state index contributed by atoms with van der Waals surface area (Å²) in [5.41, 5.74) is 7.61. The van der Waals surface area contributed by atoms with E-state index in [1.165, 1.54) is 42.8 Å². The Labute approximate surface area is 165 Å². The second kappa shape index (κ2) is 6.61. The maximum Gasteiger partial charge on any atom is 0.0709 e. The Morgan fingerprint density at radius 2 is 1.44 bits per heavy atom. The van der Waals surface area contributed by atoms with Crippen LogP contribution in [0.4, 0.5) is 0 Å². The maximum atomic E-state index is 4.72. The van der Waals surface area contributed by atoms with Gasteiger partial charge in [-0.3, -0.25) is 4.98 Å². The van der Waals surface area contributed by atoms with Gasteiger partial charge in [0.05, 0.1) is 10.4 Å². The first-order chi connectivity index (χ1) is 12.8. The molecule has 2 aromatic heterocycles. The lowest BCUT2D eigenvalue weighted by Crippen LogP contribution is -2.10. The highest BCUT2D eigenvalue weighted by Gasteiger charge is 2.14. The molecule has 0 radical (unpaired) electrons. The molecule has 0 atom stereocenters. The normalized spacial score (nSPS) is 11.9. The molecule has 2 heteroatoms. The summed E-state index contributed by atoms with van der Waals surface area (Å²) in [5, 5.41) is 1.26. The topological polar surface area (TPSA) is 12.9 Å². The van der Waals surface area contributed by atoms with Crippen LogP contribution in [0.3, 0.4) is 0 Å². The van der Waals surface area contributed by atoms with Gasteiger partial charge in [-0.25, -0.2) is 0 Å². The Bertz CT molecular complexity index is 1090. The fourth-order valence-corrected chi connectivity index (χ4v) is 4.52. The molecule has 27 heavy (non-hydrogen) atoms. The minimum atomic E-state index is 0.184. The van der Waals surface area contributed by atoms with Gasteiger partial charge in [0.15, 0.2) is 0 Å². The lowest BCUT2D eigenvalue weighted by molar-refractivity contribution is 0.590. The number of aryl methyl sites for hydroxylation is 2. The van der Waals surface area contributed by atoms with E-state index in [0.717, 1.165) is 5.69 Å². The Balaban J connectivity index is 1.72. The van der Waals surface area contributed by atoms with E-state index in [4.69, 9.17) is 4.98 Å². The van der Waals surface area contributed by atoms with Gasteiger partial charge in [-0.1, -0.05) is 62.2 Å². The highest BCUT2D eigenvalue weighted by atomic mass is 32.1. The van der Waals surface area contributed by atoms with Crippen LogP contribution < -0.4 is 0 Å². The van der Waals surface area contributed by atoms with E-state index in [2.05, 4.69) is 89.2 Å². The molecular formula is C25H25NS. The monoisotopic (exact) mass is 371 g/mol. The molecule has 4 rings (SSSR count). The summed E-state index contributed by atoms with van der Waals surface area (Å²) >= 11 is 1.81. The van der Waals surface area contributed by atoms with Crippen LogP contribution >= 0.6 is 11.3 Å². The van der Waals surface area contributed by atoms with Crippen LogP contribution in [0.2, 0.25) is 0 Å². The zero-order valence-corrected chi connectivity index (χ0v) is 17.4. The predicted octanol–water partition coefficient (Wildman–Crippen LogP) is 7.54. The van der Waals surface area contributed by atoms with Gasteiger partial charge in [-0.2, -0.15) is 0 Å². The number of rotatable bonds is 2. The molecule has 0 aliphatic heterocycles. The van der Waals surface area contributed by atoms with Gasteiger partial charge in [-0.05, 0) is 60.0 Å². The van der Waals surface area contributed by atoms with Crippen molar-refractivity contribution in [3.63, 3.8) is 0 Å². The van der Waals surface area contributed by atoms with E-state index < -0.39 is 0 Å². The average molecular weight is 372 g/mol. The van der Waals surface area contributed by atoms with E-state index in [1.54, 1.807) is 0 Å². The van der Waals surface area contributed by atoms with Crippen molar-refractivity contribution in [1.82, 2.24) is 4.98 Å². The van der Waals surface area contributed by atoms with E-state index in [1.807, 2.05) is 17.5 Å².